The molecule has 3 N–H and O–H groups in total. The number of thiophene rings is 1. The molecule has 0 aromatic carbocycles. The molecule has 0 saturated heterocycles. The van der Waals surface area contributed by atoms with Gasteiger partial charge in [0, 0.05) is 9.85 Å². The third-order valence-corrected chi connectivity index (χ3v) is 9.07. The van der Waals surface area contributed by atoms with Crippen LogP contribution in [0.4, 0.5) is 4.79 Å². The Hall–Kier alpha value is -0.490. The fraction of sp³-hybridized carbons (Fsp3) is 0.600. The van der Waals surface area contributed by atoms with E-state index in [1.165, 1.54) is 0 Å². The predicted molar refractivity (Wildman–Crippen MR) is 110 cm³/mol. The summed E-state index contributed by atoms with van der Waals surface area (Å²) in [6.45, 7) is 8.81. The number of hydrogen-bond acceptors (Lipinski definition) is 5. The van der Waals surface area contributed by atoms with E-state index in [0.717, 1.165) is 11.3 Å². The van der Waals surface area contributed by atoms with Gasteiger partial charge in [-0.05, 0) is 58.5 Å². The van der Waals surface area contributed by atoms with Crippen LogP contribution in [0.5, 0.6) is 0 Å². The monoisotopic (exact) mass is 531 g/mol. The first-order valence-corrected chi connectivity index (χ1v) is 11.8. The van der Waals surface area contributed by atoms with E-state index in [4.69, 9.17) is 9.88 Å². The van der Waals surface area contributed by atoms with Gasteiger partial charge >= 0.3 is 6.09 Å². The molecule has 0 aliphatic heterocycles. The highest BCUT2D eigenvalue weighted by Gasteiger charge is 2.30. The van der Waals surface area contributed by atoms with Gasteiger partial charge in [0.05, 0.1) is 4.47 Å². The summed E-state index contributed by atoms with van der Waals surface area (Å²) in [6, 6.07) is -0.985. The second kappa shape index (κ2) is 9.13. The zero-order valence-corrected chi connectivity index (χ0v) is 20.0. The molecule has 3 atom stereocenters. The number of nitrogens with zero attached hydrogens (tertiary/aromatic N) is 1. The molecule has 0 aliphatic carbocycles. The maximum Gasteiger partial charge on any atom is 0.408 e. The Morgan fingerprint density at radius 1 is 1.42 bits per heavy atom. The molecule has 11 heteroatoms. The average molecular weight is 533 g/mol. The van der Waals surface area contributed by atoms with Crippen LogP contribution < -0.4 is 10.5 Å². The molecule has 0 spiro atoms. The fourth-order valence-electron chi connectivity index (χ4n) is 1.85. The summed E-state index contributed by atoms with van der Waals surface area (Å²) >= 11 is 7.67. The van der Waals surface area contributed by atoms with Crippen LogP contribution in [0.3, 0.4) is 0 Å². The van der Waals surface area contributed by atoms with Crippen molar-refractivity contribution < 1.29 is 18.5 Å². The number of amides is 2. The second-order valence-electron chi connectivity index (χ2n) is 6.69. The lowest BCUT2D eigenvalue weighted by Crippen LogP contribution is -2.46. The molecule has 0 radical (unpaired) electrons. The van der Waals surface area contributed by atoms with Crippen LogP contribution >= 0.6 is 43.2 Å². The largest absolute Gasteiger partial charge is 0.444 e. The number of ether oxygens (including phenoxy) is 1. The molecule has 1 heterocycles. The summed E-state index contributed by atoms with van der Waals surface area (Å²) in [6.07, 6.45) is -0.142. The van der Waals surface area contributed by atoms with Crippen LogP contribution in [0.25, 0.3) is 0 Å². The summed E-state index contributed by atoms with van der Waals surface area (Å²) in [5, 5.41) is 10.0. The molecule has 0 bridgehead atoms. The fourth-order valence-corrected chi connectivity index (χ4v) is 6.02. The minimum Gasteiger partial charge on any atom is -0.444 e. The normalized spacial score (nSPS) is 16.3. The Morgan fingerprint density at radius 2 is 2.00 bits per heavy atom. The highest BCUT2D eigenvalue weighted by Crippen LogP contribution is 2.35. The van der Waals surface area contributed by atoms with Gasteiger partial charge in [0.15, 0.2) is 9.92 Å². The van der Waals surface area contributed by atoms with E-state index < -0.39 is 33.6 Å². The molecule has 0 aliphatic rings. The summed E-state index contributed by atoms with van der Waals surface area (Å²) in [4.78, 5) is 24.7. The second-order valence-corrected chi connectivity index (χ2v) is 11.2. The van der Waals surface area contributed by atoms with Crippen molar-refractivity contribution in [3.63, 3.8) is 0 Å². The van der Waals surface area contributed by atoms with Crippen molar-refractivity contribution in [1.82, 2.24) is 5.32 Å². The summed E-state index contributed by atoms with van der Waals surface area (Å²) in [7, 11) is -3.45. The topological polar surface area (TPSA) is 111 Å². The third kappa shape index (κ3) is 6.59. The van der Waals surface area contributed by atoms with E-state index in [0.29, 0.717) is 15.4 Å². The van der Waals surface area contributed by atoms with Crippen LogP contribution in [-0.2, 0) is 19.4 Å². The van der Waals surface area contributed by atoms with Gasteiger partial charge < -0.3 is 10.1 Å². The van der Waals surface area contributed by atoms with Crippen LogP contribution in [-0.4, -0.2) is 27.9 Å². The van der Waals surface area contributed by atoms with Crippen molar-refractivity contribution in [2.24, 2.45) is 15.4 Å². The zero-order chi connectivity index (χ0) is 20.3. The van der Waals surface area contributed by atoms with Crippen LogP contribution in [0.1, 0.15) is 41.0 Å². The molecule has 26 heavy (non-hydrogen) atoms. The molecule has 1 rings (SSSR count). The summed E-state index contributed by atoms with van der Waals surface area (Å²) < 4.78 is 23.1. The first kappa shape index (κ1) is 23.5. The van der Waals surface area contributed by atoms with Crippen LogP contribution in [0, 0.1) is 5.92 Å². The van der Waals surface area contributed by atoms with Gasteiger partial charge in [-0.25, -0.2) is 14.1 Å². The average Bonchev–Trinajstić information content (AvgIpc) is 2.82. The number of alkyl carbamates (subject to hydrolysis) is 1. The minimum absolute atomic E-state index is 0.243. The van der Waals surface area contributed by atoms with E-state index in [9.17, 15) is 13.8 Å². The number of nitrogens with two attached hydrogens (primary N) is 1. The van der Waals surface area contributed by atoms with Crippen molar-refractivity contribution in [3.8, 4) is 0 Å². The van der Waals surface area contributed by atoms with Crippen molar-refractivity contribution >= 4 is 65.1 Å². The lowest BCUT2D eigenvalue weighted by molar-refractivity contribution is -0.120. The smallest absolute Gasteiger partial charge is 0.408 e. The van der Waals surface area contributed by atoms with Gasteiger partial charge in [-0.15, -0.1) is 15.7 Å². The number of carbonyl (C=O) groups is 2. The van der Waals surface area contributed by atoms with Crippen molar-refractivity contribution in [2.45, 2.75) is 56.9 Å². The van der Waals surface area contributed by atoms with E-state index in [1.54, 1.807) is 33.1 Å². The lowest BCUT2D eigenvalue weighted by atomic mass is 9.99. The Balaban J connectivity index is 3.15. The van der Waals surface area contributed by atoms with Crippen LogP contribution in [0.15, 0.2) is 22.9 Å². The Morgan fingerprint density at radius 3 is 2.42 bits per heavy atom. The van der Waals surface area contributed by atoms with E-state index >= 15 is 0 Å². The zero-order valence-electron chi connectivity index (χ0n) is 15.2. The van der Waals surface area contributed by atoms with Crippen LogP contribution in [0.2, 0.25) is 0 Å². The lowest BCUT2D eigenvalue weighted by Gasteiger charge is -2.25. The molecule has 148 valence electrons. The highest BCUT2D eigenvalue weighted by atomic mass is 79.9. The molecular formula is C15H23Br2N3O4S2. The van der Waals surface area contributed by atoms with Gasteiger partial charge in [-0.1, -0.05) is 20.3 Å². The van der Waals surface area contributed by atoms with Gasteiger partial charge in [-0.3, -0.25) is 4.79 Å². The van der Waals surface area contributed by atoms with Crippen molar-refractivity contribution in [1.29, 1.82) is 0 Å². The number of carbonyl (C=O) groups excluding carboxylic acids is 2. The maximum absolute atomic E-state index is 12.8. The molecule has 7 nitrogen and oxygen atoms in total. The molecule has 1 unspecified atom stereocenters. The number of halogens is 2. The summed E-state index contributed by atoms with van der Waals surface area (Å²) in [5.74, 6) is -0.999. The first-order valence-electron chi connectivity index (χ1n) is 7.79. The molecular weight excluding hydrogens is 510 g/mol. The summed E-state index contributed by atoms with van der Waals surface area (Å²) in [5.41, 5.74) is -0.709. The Bertz CT molecular complexity index is 795. The van der Waals surface area contributed by atoms with Gasteiger partial charge in [-0.2, -0.15) is 0 Å². The van der Waals surface area contributed by atoms with E-state index in [1.807, 2.05) is 6.92 Å². The molecule has 1 aromatic rings. The Kier molecular flexibility index (Phi) is 8.27. The van der Waals surface area contributed by atoms with Gasteiger partial charge in [0.25, 0.3) is 5.91 Å². The number of rotatable bonds is 5. The van der Waals surface area contributed by atoms with E-state index in [-0.39, 0.29) is 10.1 Å². The third-order valence-electron chi connectivity index (χ3n) is 3.30. The maximum atomic E-state index is 12.8. The Labute approximate surface area is 175 Å². The number of hydrogen-bond donors (Lipinski definition) is 2. The minimum atomic E-state index is -3.45. The predicted octanol–water partition coefficient (Wildman–Crippen LogP) is 4.44. The van der Waals surface area contributed by atoms with Crippen molar-refractivity contribution in [2.75, 3.05) is 0 Å². The van der Waals surface area contributed by atoms with E-state index in [2.05, 4.69) is 41.5 Å². The van der Waals surface area contributed by atoms with Gasteiger partial charge in [0.2, 0.25) is 0 Å². The standard InChI is InChI=1S/C15H23Br2N3O4S2/c1-6-8(2)11(19-14(22)24-15(3,4)5)12(21)20-26(18,23)13-10(17)9(16)7-25-13/h7-8,11H,6H2,1-5H3,(H,19,22)(H2,18,20,21,23)/t8-,11-,26?/m0/s1. The SMILES string of the molecule is CC[C@H](C)[C@H](NC(=O)OC(C)(C)C)C(=O)N=S(N)(=O)c1scc(Br)c1Br. The van der Waals surface area contributed by atoms with Gasteiger partial charge in [0.1, 0.15) is 15.9 Å². The highest BCUT2D eigenvalue weighted by molar-refractivity contribution is 9.13. The first-order chi connectivity index (χ1) is 11.8. The quantitative estimate of drug-likeness (QED) is 0.583. The van der Waals surface area contributed by atoms with Crippen molar-refractivity contribution in [3.05, 3.63) is 14.3 Å². The molecule has 0 fully saturated rings. The molecule has 1 aromatic heterocycles. The molecule has 0 saturated carbocycles. The molecule has 2 amide bonds. The number of nitrogens with one attached hydrogen (secondary N) is 1.